The van der Waals surface area contributed by atoms with Gasteiger partial charge in [-0.2, -0.15) is 0 Å². The minimum absolute atomic E-state index is 0.128. The predicted octanol–water partition coefficient (Wildman–Crippen LogP) is 4.74. The van der Waals surface area contributed by atoms with Crippen LogP contribution in [0.25, 0.3) is 11.3 Å². The van der Waals surface area contributed by atoms with Crippen LogP contribution < -0.4 is 11.2 Å². The van der Waals surface area contributed by atoms with Crippen LogP contribution in [0.4, 0.5) is 5.69 Å². The Morgan fingerprint density at radius 3 is 2.14 bits per heavy atom. The summed E-state index contributed by atoms with van der Waals surface area (Å²) in [6.07, 6.45) is 1.77. The summed E-state index contributed by atoms with van der Waals surface area (Å²) in [5.41, 5.74) is 3.38. The molecule has 0 bridgehead atoms. The van der Waals surface area contributed by atoms with Crippen molar-refractivity contribution < 1.29 is 4.79 Å². The Morgan fingerprint density at radius 2 is 1.48 bits per heavy atom. The molecule has 144 valence electrons. The Kier molecular flexibility index (Phi) is 5.63. The number of carbonyl (C=O) groups is 1. The van der Waals surface area contributed by atoms with Gasteiger partial charge in [0.2, 0.25) is 5.91 Å². The SMILES string of the molecule is Nn1cc(-c2ccccc2)nc1SC(C(=O)Nc1ccccc1)c1ccccc1. The molecule has 1 unspecified atom stereocenters. The van der Waals surface area contributed by atoms with Crippen molar-refractivity contribution in [2.24, 2.45) is 0 Å². The molecule has 3 aromatic carbocycles. The molecule has 0 saturated heterocycles. The van der Waals surface area contributed by atoms with E-state index in [1.165, 1.54) is 16.4 Å². The zero-order chi connectivity index (χ0) is 20.1. The van der Waals surface area contributed by atoms with Crippen molar-refractivity contribution in [3.63, 3.8) is 0 Å². The first kappa shape index (κ1) is 18.8. The number of hydrogen-bond donors (Lipinski definition) is 2. The lowest BCUT2D eigenvalue weighted by Crippen LogP contribution is -2.20. The van der Waals surface area contributed by atoms with E-state index < -0.39 is 5.25 Å². The molecule has 1 aromatic heterocycles. The number of nitrogen functional groups attached to an aromatic ring is 1. The molecule has 0 aliphatic heterocycles. The molecule has 0 radical (unpaired) electrons. The second-order valence-corrected chi connectivity index (χ2v) is 7.52. The zero-order valence-electron chi connectivity index (χ0n) is 15.6. The van der Waals surface area contributed by atoms with Crippen LogP contribution in [-0.2, 0) is 4.79 Å². The number of amides is 1. The molecular formula is C23H20N4OS. The van der Waals surface area contributed by atoms with Crippen molar-refractivity contribution in [1.29, 1.82) is 0 Å². The average Bonchev–Trinajstić information content (AvgIpc) is 3.14. The Bertz CT molecular complexity index is 1080. The third-order valence-electron chi connectivity index (χ3n) is 4.37. The summed E-state index contributed by atoms with van der Waals surface area (Å²) in [4.78, 5) is 17.8. The van der Waals surface area contributed by atoms with Gasteiger partial charge < -0.3 is 11.2 Å². The summed E-state index contributed by atoms with van der Waals surface area (Å²) < 4.78 is 1.47. The Balaban J connectivity index is 1.62. The first-order valence-electron chi connectivity index (χ1n) is 9.18. The van der Waals surface area contributed by atoms with Gasteiger partial charge in [-0.05, 0) is 17.7 Å². The zero-order valence-corrected chi connectivity index (χ0v) is 16.4. The summed E-state index contributed by atoms with van der Waals surface area (Å²) in [7, 11) is 0. The fourth-order valence-corrected chi connectivity index (χ4v) is 3.94. The summed E-state index contributed by atoms with van der Waals surface area (Å²) in [6.45, 7) is 0. The lowest BCUT2D eigenvalue weighted by molar-refractivity contribution is -0.115. The number of benzene rings is 3. The maximum atomic E-state index is 13.1. The molecule has 4 aromatic rings. The van der Waals surface area contributed by atoms with E-state index in [9.17, 15) is 4.79 Å². The molecule has 5 nitrogen and oxygen atoms in total. The highest BCUT2D eigenvalue weighted by molar-refractivity contribution is 8.00. The van der Waals surface area contributed by atoms with Crippen LogP contribution >= 0.6 is 11.8 Å². The lowest BCUT2D eigenvalue weighted by Gasteiger charge is -2.16. The highest BCUT2D eigenvalue weighted by Gasteiger charge is 2.25. The van der Waals surface area contributed by atoms with E-state index in [1.807, 2.05) is 91.0 Å². The Morgan fingerprint density at radius 1 is 0.897 bits per heavy atom. The van der Waals surface area contributed by atoms with Gasteiger partial charge in [-0.3, -0.25) is 4.79 Å². The number of thioether (sulfide) groups is 1. The van der Waals surface area contributed by atoms with Crippen molar-refractivity contribution in [2.45, 2.75) is 10.4 Å². The molecule has 0 aliphatic carbocycles. The highest BCUT2D eigenvalue weighted by atomic mass is 32.2. The number of carbonyl (C=O) groups excluding carboxylic acids is 1. The van der Waals surface area contributed by atoms with Gasteiger partial charge in [-0.25, -0.2) is 9.66 Å². The normalized spacial score (nSPS) is 11.7. The average molecular weight is 401 g/mol. The van der Waals surface area contributed by atoms with E-state index in [4.69, 9.17) is 5.84 Å². The first-order chi connectivity index (χ1) is 14.2. The monoisotopic (exact) mass is 400 g/mol. The number of nitrogens with one attached hydrogen (secondary N) is 1. The van der Waals surface area contributed by atoms with E-state index >= 15 is 0 Å². The number of nitrogens with zero attached hydrogens (tertiary/aromatic N) is 2. The largest absolute Gasteiger partial charge is 0.337 e. The van der Waals surface area contributed by atoms with Crippen LogP contribution in [0.5, 0.6) is 0 Å². The van der Waals surface area contributed by atoms with Gasteiger partial charge in [0.15, 0.2) is 5.16 Å². The lowest BCUT2D eigenvalue weighted by atomic mass is 10.1. The standard InChI is InChI=1S/C23H20N4OS/c24-27-16-20(17-10-4-1-5-11-17)26-23(27)29-21(18-12-6-2-7-13-18)22(28)25-19-14-8-3-9-15-19/h1-16,21H,24H2,(H,25,28). The van der Waals surface area contributed by atoms with Gasteiger partial charge in [0.05, 0.1) is 11.9 Å². The quantitative estimate of drug-likeness (QED) is 0.362. The fraction of sp³-hybridized carbons (Fsp3) is 0.0435. The maximum absolute atomic E-state index is 13.1. The van der Waals surface area contributed by atoms with E-state index in [2.05, 4.69) is 10.3 Å². The Labute approximate surface area is 173 Å². The van der Waals surface area contributed by atoms with Crippen molar-refractivity contribution in [3.05, 3.63) is 103 Å². The number of imidazole rings is 1. The summed E-state index contributed by atoms with van der Waals surface area (Å²) in [6, 6.07) is 28.9. The fourth-order valence-electron chi connectivity index (χ4n) is 2.95. The number of anilines is 1. The molecule has 1 amide bonds. The number of hydrogen-bond acceptors (Lipinski definition) is 4. The summed E-state index contributed by atoms with van der Waals surface area (Å²) in [5, 5.41) is 3.06. The molecule has 0 aliphatic rings. The van der Waals surface area contributed by atoms with Crippen molar-refractivity contribution in [1.82, 2.24) is 9.66 Å². The van der Waals surface area contributed by atoms with Gasteiger partial charge in [0, 0.05) is 11.3 Å². The summed E-state index contributed by atoms with van der Waals surface area (Å²) in [5.74, 6) is 6.03. The van der Waals surface area contributed by atoms with E-state index in [0.29, 0.717) is 5.16 Å². The topological polar surface area (TPSA) is 72.9 Å². The van der Waals surface area contributed by atoms with Gasteiger partial charge in [0.1, 0.15) is 5.25 Å². The minimum atomic E-state index is -0.496. The van der Waals surface area contributed by atoms with Crippen molar-refractivity contribution in [2.75, 3.05) is 11.2 Å². The number of rotatable bonds is 6. The third-order valence-corrected chi connectivity index (χ3v) is 5.61. The van der Waals surface area contributed by atoms with E-state index in [0.717, 1.165) is 22.5 Å². The molecule has 0 saturated carbocycles. The Hall–Kier alpha value is -3.51. The number of nitrogens with two attached hydrogens (primary N) is 1. The molecule has 0 fully saturated rings. The molecule has 0 spiro atoms. The van der Waals surface area contributed by atoms with E-state index in [1.54, 1.807) is 6.20 Å². The molecule has 4 rings (SSSR count). The van der Waals surface area contributed by atoms with Crippen molar-refractivity contribution >= 4 is 23.4 Å². The second kappa shape index (κ2) is 8.67. The highest BCUT2D eigenvalue weighted by Crippen LogP contribution is 2.36. The first-order valence-corrected chi connectivity index (χ1v) is 10.1. The molecule has 1 atom stereocenters. The van der Waals surface area contributed by atoms with Gasteiger partial charge >= 0.3 is 0 Å². The van der Waals surface area contributed by atoms with E-state index in [-0.39, 0.29) is 5.91 Å². The van der Waals surface area contributed by atoms with Crippen LogP contribution in [-0.4, -0.2) is 15.6 Å². The van der Waals surface area contributed by atoms with Crippen LogP contribution in [0.1, 0.15) is 10.8 Å². The van der Waals surface area contributed by atoms with Gasteiger partial charge in [-0.15, -0.1) is 0 Å². The number of para-hydroxylation sites is 1. The van der Waals surface area contributed by atoms with Crippen LogP contribution in [0.2, 0.25) is 0 Å². The third kappa shape index (κ3) is 4.50. The van der Waals surface area contributed by atoms with Gasteiger partial charge in [0.25, 0.3) is 0 Å². The second-order valence-electron chi connectivity index (χ2n) is 6.45. The maximum Gasteiger partial charge on any atom is 0.242 e. The van der Waals surface area contributed by atoms with Crippen LogP contribution in [0.3, 0.4) is 0 Å². The smallest absolute Gasteiger partial charge is 0.242 e. The van der Waals surface area contributed by atoms with Crippen LogP contribution in [0.15, 0.2) is 102 Å². The van der Waals surface area contributed by atoms with Gasteiger partial charge in [-0.1, -0.05) is 90.6 Å². The van der Waals surface area contributed by atoms with Crippen molar-refractivity contribution in [3.8, 4) is 11.3 Å². The summed E-state index contributed by atoms with van der Waals surface area (Å²) >= 11 is 1.33. The molecule has 29 heavy (non-hydrogen) atoms. The molecular weight excluding hydrogens is 380 g/mol. The minimum Gasteiger partial charge on any atom is -0.337 e. The number of aromatic nitrogens is 2. The molecule has 3 N–H and O–H groups in total. The molecule has 1 heterocycles. The molecule has 6 heteroatoms. The predicted molar refractivity (Wildman–Crippen MR) is 118 cm³/mol. The van der Waals surface area contributed by atoms with Crippen LogP contribution in [0, 0.1) is 0 Å².